The maximum Gasteiger partial charge on any atom is 0.226 e. The van der Waals surface area contributed by atoms with Crippen molar-refractivity contribution in [2.45, 2.75) is 32.7 Å². The van der Waals surface area contributed by atoms with Crippen molar-refractivity contribution in [1.29, 1.82) is 0 Å². The summed E-state index contributed by atoms with van der Waals surface area (Å²) in [6.45, 7) is 2.36. The SMILES string of the molecule is Cc1ccc(Cl)c(Oc2ccc(CNC(=O)C3(CC(=O)c4cncnc4)CC3)cc2)c1. The normalized spacial score (nSPS) is 14.0. The van der Waals surface area contributed by atoms with Crippen molar-refractivity contribution < 1.29 is 14.3 Å². The van der Waals surface area contributed by atoms with Crippen molar-refractivity contribution in [2.75, 3.05) is 0 Å². The molecule has 3 aromatic rings. The number of benzene rings is 2. The molecule has 4 rings (SSSR count). The van der Waals surface area contributed by atoms with E-state index in [1.807, 2.05) is 43.3 Å². The number of halogens is 1. The first kappa shape index (κ1) is 21.0. The molecule has 1 aliphatic rings. The summed E-state index contributed by atoms with van der Waals surface area (Å²) in [5.74, 6) is 1.07. The Morgan fingerprint density at radius 3 is 2.48 bits per heavy atom. The lowest BCUT2D eigenvalue weighted by Gasteiger charge is -2.15. The van der Waals surface area contributed by atoms with E-state index < -0.39 is 5.41 Å². The second-order valence-corrected chi connectivity index (χ2v) is 8.28. The number of hydrogen-bond donors (Lipinski definition) is 1. The van der Waals surface area contributed by atoms with Crippen LogP contribution in [0.15, 0.2) is 61.2 Å². The molecular formula is C24H22ClN3O3. The van der Waals surface area contributed by atoms with Gasteiger partial charge in [-0.1, -0.05) is 29.8 Å². The van der Waals surface area contributed by atoms with Gasteiger partial charge in [-0.3, -0.25) is 9.59 Å². The van der Waals surface area contributed by atoms with Crippen LogP contribution in [0.3, 0.4) is 0 Å². The molecule has 0 atom stereocenters. The van der Waals surface area contributed by atoms with E-state index in [-0.39, 0.29) is 18.1 Å². The van der Waals surface area contributed by atoms with Crippen LogP contribution in [0.2, 0.25) is 5.02 Å². The lowest BCUT2D eigenvalue weighted by molar-refractivity contribution is -0.126. The largest absolute Gasteiger partial charge is 0.456 e. The number of Topliss-reactive ketones (excluding diaryl/α,β-unsaturated/α-hetero) is 1. The quantitative estimate of drug-likeness (QED) is 0.509. The number of aryl methyl sites for hydroxylation is 1. The number of carbonyl (C=O) groups excluding carboxylic acids is 2. The zero-order valence-electron chi connectivity index (χ0n) is 17.1. The molecule has 7 heteroatoms. The number of ether oxygens (including phenoxy) is 1. The smallest absolute Gasteiger partial charge is 0.226 e. The number of rotatable bonds is 8. The van der Waals surface area contributed by atoms with E-state index in [2.05, 4.69) is 15.3 Å². The van der Waals surface area contributed by atoms with E-state index in [1.54, 1.807) is 6.07 Å². The molecule has 1 heterocycles. The van der Waals surface area contributed by atoms with Gasteiger partial charge in [0.1, 0.15) is 17.8 Å². The Labute approximate surface area is 185 Å². The van der Waals surface area contributed by atoms with Crippen molar-refractivity contribution in [3.05, 3.63) is 82.9 Å². The van der Waals surface area contributed by atoms with Crippen LogP contribution in [0.1, 0.15) is 40.7 Å². The van der Waals surface area contributed by atoms with Crippen molar-refractivity contribution >= 4 is 23.3 Å². The molecule has 1 aromatic heterocycles. The average molecular weight is 436 g/mol. The first-order valence-electron chi connectivity index (χ1n) is 10.0. The van der Waals surface area contributed by atoms with Crippen LogP contribution in [0.25, 0.3) is 0 Å². The molecule has 0 spiro atoms. The Kier molecular flexibility index (Phi) is 6.00. The monoisotopic (exact) mass is 435 g/mol. The summed E-state index contributed by atoms with van der Waals surface area (Å²) in [7, 11) is 0. The van der Waals surface area contributed by atoms with Crippen LogP contribution in [0.5, 0.6) is 11.5 Å². The van der Waals surface area contributed by atoms with Gasteiger partial charge in [0.2, 0.25) is 5.91 Å². The maximum absolute atomic E-state index is 12.7. The summed E-state index contributed by atoms with van der Waals surface area (Å²) in [6.07, 6.45) is 5.94. The Balaban J connectivity index is 1.32. The van der Waals surface area contributed by atoms with Gasteiger partial charge < -0.3 is 10.1 Å². The van der Waals surface area contributed by atoms with Crippen molar-refractivity contribution in [3.8, 4) is 11.5 Å². The number of aromatic nitrogens is 2. The Morgan fingerprint density at radius 2 is 1.81 bits per heavy atom. The molecular weight excluding hydrogens is 414 g/mol. The zero-order valence-corrected chi connectivity index (χ0v) is 17.9. The van der Waals surface area contributed by atoms with Crippen LogP contribution in [0, 0.1) is 12.3 Å². The molecule has 0 bridgehead atoms. The molecule has 1 aliphatic carbocycles. The molecule has 1 fully saturated rings. The van der Waals surface area contributed by atoms with Crippen molar-refractivity contribution in [1.82, 2.24) is 15.3 Å². The molecule has 158 valence electrons. The lowest BCUT2D eigenvalue weighted by atomic mass is 9.95. The Hall–Kier alpha value is -3.25. The molecule has 0 saturated heterocycles. The van der Waals surface area contributed by atoms with Gasteiger partial charge in [0.25, 0.3) is 0 Å². The minimum absolute atomic E-state index is 0.0930. The Morgan fingerprint density at radius 1 is 1.10 bits per heavy atom. The predicted octanol–water partition coefficient (Wildman–Crippen LogP) is 4.90. The van der Waals surface area contributed by atoms with E-state index in [0.717, 1.165) is 11.1 Å². The van der Waals surface area contributed by atoms with Crippen LogP contribution in [-0.4, -0.2) is 21.7 Å². The summed E-state index contributed by atoms with van der Waals surface area (Å²) < 4.78 is 5.85. The maximum atomic E-state index is 12.7. The highest BCUT2D eigenvalue weighted by Gasteiger charge is 2.50. The fourth-order valence-corrected chi connectivity index (χ4v) is 3.50. The van der Waals surface area contributed by atoms with E-state index in [9.17, 15) is 9.59 Å². The summed E-state index contributed by atoms with van der Waals surface area (Å²) in [5, 5.41) is 3.51. The fraction of sp³-hybridized carbons (Fsp3) is 0.250. The summed E-state index contributed by atoms with van der Waals surface area (Å²) in [6, 6.07) is 13.1. The van der Waals surface area contributed by atoms with Crippen LogP contribution >= 0.6 is 11.6 Å². The van der Waals surface area contributed by atoms with Gasteiger partial charge in [0.15, 0.2) is 5.78 Å². The van der Waals surface area contributed by atoms with Crippen LogP contribution in [0.4, 0.5) is 0 Å². The summed E-state index contributed by atoms with van der Waals surface area (Å²) >= 11 is 6.18. The molecule has 1 amide bonds. The molecule has 1 saturated carbocycles. The molecule has 0 unspecified atom stereocenters. The van der Waals surface area contributed by atoms with Gasteiger partial charge in [-0.05, 0) is 55.2 Å². The summed E-state index contributed by atoms with van der Waals surface area (Å²) in [5.41, 5.74) is 1.82. The third-order valence-electron chi connectivity index (χ3n) is 5.41. The number of carbonyl (C=O) groups is 2. The van der Waals surface area contributed by atoms with Crippen molar-refractivity contribution in [2.24, 2.45) is 5.41 Å². The molecule has 1 N–H and O–H groups in total. The zero-order chi connectivity index (χ0) is 21.8. The molecule has 2 aromatic carbocycles. The highest BCUT2D eigenvalue weighted by Crippen LogP contribution is 2.49. The third kappa shape index (κ3) is 5.09. The second-order valence-electron chi connectivity index (χ2n) is 7.87. The predicted molar refractivity (Wildman–Crippen MR) is 117 cm³/mol. The first-order valence-corrected chi connectivity index (χ1v) is 10.4. The molecule has 31 heavy (non-hydrogen) atoms. The van der Waals surface area contributed by atoms with Gasteiger partial charge >= 0.3 is 0 Å². The number of ketones is 1. The van der Waals surface area contributed by atoms with Gasteiger partial charge in [-0.15, -0.1) is 0 Å². The summed E-state index contributed by atoms with van der Waals surface area (Å²) in [4.78, 5) is 32.9. The van der Waals surface area contributed by atoms with Gasteiger partial charge in [0, 0.05) is 25.4 Å². The van der Waals surface area contributed by atoms with E-state index >= 15 is 0 Å². The van der Waals surface area contributed by atoms with Gasteiger partial charge in [-0.25, -0.2) is 9.97 Å². The van der Waals surface area contributed by atoms with Crippen LogP contribution in [-0.2, 0) is 11.3 Å². The van der Waals surface area contributed by atoms with Gasteiger partial charge in [0.05, 0.1) is 16.0 Å². The highest BCUT2D eigenvalue weighted by molar-refractivity contribution is 6.32. The van der Waals surface area contributed by atoms with E-state index in [1.165, 1.54) is 18.7 Å². The average Bonchev–Trinajstić information content (AvgIpc) is 3.57. The van der Waals surface area contributed by atoms with Crippen molar-refractivity contribution in [3.63, 3.8) is 0 Å². The number of nitrogens with one attached hydrogen (secondary N) is 1. The number of nitrogens with zero attached hydrogens (tertiary/aromatic N) is 2. The first-order chi connectivity index (χ1) is 14.9. The highest BCUT2D eigenvalue weighted by atomic mass is 35.5. The van der Waals surface area contributed by atoms with Crippen LogP contribution < -0.4 is 10.1 Å². The fourth-order valence-electron chi connectivity index (χ4n) is 3.35. The second kappa shape index (κ2) is 8.86. The number of amides is 1. The van der Waals surface area contributed by atoms with E-state index in [0.29, 0.717) is 41.5 Å². The number of hydrogen-bond acceptors (Lipinski definition) is 5. The Bertz CT molecular complexity index is 1100. The molecule has 6 nitrogen and oxygen atoms in total. The topological polar surface area (TPSA) is 81.2 Å². The van der Waals surface area contributed by atoms with E-state index in [4.69, 9.17) is 16.3 Å². The lowest BCUT2D eigenvalue weighted by Crippen LogP contribution is -2.33. The standard InChI is InChI=1S/C24H22ClN3O3/c1-16-2-7-20(25)22(10-16)31-19-5-3-17(4-6-19)12-28-23(30)24(8-9-24)11-21(29)18-13-26-15-27-14-18/h2-7,10,13-15H,8-9,11-12H2,1H3,(H,28,30). The minimum Gasteiger partial charge on any atom is -0.456 e. The van der Waals surface area contributed by atoms with Gasteiger partial charge in [-0.2, -0.15) is 0 Å². The minimum atomic E-state index is -0.613. The third-order valence-corrected chi connectivity index (χ3v) is 5.72. The molecule has 0 aliphatic heterocycles. The molecule has 0 radical (unpaired) electrons.